The number of benzene rings is 1. The van der Waals surface area contributed by atoms with Crippen molar-refractivity contribution in [1.29, 1.82) is 0 Å². The lowest BCUT2D eigenvalue weighted by atomic mass is 10.0. The van der Waals surface area contributed by atoms with Crippen LogP contribution in [0.4, 0.5) is 10.5 Å². The Kier molecular flexibility index (Phi) is 5.75. The lowest BCUT2D eigenvalue weighted by molar-refractivity contribution is -0.130. The first-order valence-electron chi connectivity index (χ1n) is 9.15. The summed E-state index contributed by atoms with van der Waals surface area (Å²) in [6.45, 7) is 3.75. The van der Waals surface area contributed by atoms with Gasteiger partial charge in [-0.25, -0.2) is 4.79 Å². The molecule has 0 bridgehead atoms. The van der Waals surface area contributed by atoms with Gasteiger partial charge in [0.25, 0.3) is 0 Å². The van der Waals surface area contributed by atoms with Crippen LogP contribution >= 0.6 is 0 Å². The Labute approximate surface area is 153 Å². The summed E-state index contributed by atoms with van der Waals surface area (Å²) in [5.41, 5.74) is 0.742. The van der Waals surface area contributed by atoms with Crippen molar-refractivity contribution in [2.75, 3.05) is 31.6 Å². The lowest BCUT2D eigenvalue weighted by Gasteiger charge is -2.36. The Morgan fingerprint density at radius 1 is 1.19 bits per heavy atom. The van der Waals surface area contributed by atoms with E-state index >= 15 is 0 Å². The van der Waals surface area contributed by atoms with E-state index in [-0.39, 0.29) is 36.3 Å². The number of hydrogen-bond donors (Lipinski definition) is 1. The van der Waals surface area contributed by atoms with Crippen LogP contribution < -0.4 is 5.32 Å². The van der Waals surface area contributed by atoms with Gasteiger partial charge in [-0.3, -0.25) is 9.59 Å². The predicted molar refractivity (Wildman–Crippen MR) is 96.5 cm³/mol. The zero-order chi connectivity index (χ0) is 18.5. The Bertz CT molecular complexity index is 656. The minimum absolute atomic E-state index is 0.0211. The van der Waals surface area contributed by atoms with E-state index in [9.17, 15) is 14.4 Å². The molecule has 140 valence electrons. The fourth-order valence-electron chi connectivity index (χ4n) is 3.60. The molecule has 3 amide bonds. The van der Waals surface area contributed by atoms with Gasteiger partial charge < -0.3 is 19.9 Å². The highest BCUT2D eigenvalue weighted by Gasteiger charge is 2.39. The van der Waals surface area contributed by atoms with Crippen LogP contribution in [-0.2, 0) is 14.3 Å². The van der Waals surface area contributed by atoms with Gasteiger partial charge in [0.05, 0.1) is 12.5 Å². The molecular weight excluding hydrogens is 334 g/mol. The molecule has 0 spiro atoms. The molecule has 0 aromatic heterocycles. The summed E-state index contributed by atoms with van der Waals surface area (Å²) < 4.78 is 5.02. The van der Waals surface area contributed by atoms with Crippen molar-refractivity contribution in [1.82, 2.24) is 9.80 Å². The van der Waals surface area contributed by atoms with Gasteiger partial charge in [0.15, 0.2) is 0 Å². The Morgan fingerprint density at radius 3 is 2.54 bits per heavy atom. The molecule has 2 aliphatic heterocycles. The van der Waals surface area contributed by atoms with E-state index in [1.54, 1.807) is 11.8 Å². The van der Waals surface area contributed by atoms with E-state index in [2.05, 4.69) is 5.32 Å². The van der Waals surface area contributed by atoms with E-state index < -0.39 is 0 Å². The van der Waals surface area contributed by atoms with Gasteiger partial charge in [0.1, 0.15) is 0 Å². The molecule has 0 radical (unpaired) electrons. The highest BCUT2D eigenvalue weighted by atomic mass is 16.6. The third-order valence-electron chi connectivity index (χ3n) is 5.00. The number of carbonyl (C=O) groups is 3. The summed E-state index contributed by atoms with van der Waals surface area (Å²) in [5, 5.41) is 2.88. The average molecular weight is 359 g/mol. The van der Waals surface area contributed by atoms with Crippen LogP contribution in [0.1, 0.15) is 26.2 Å². The van der Waals surface area contributed by atoms with Crippen LogP contribution in [0.2, 0.25) is 0 Å². The van der Waals surface area contributed by atoms with Gasteiger partial charge in [-0.05, 0) is 31.9 Å². The first kappa shape index (κ1) is 18.2. The second-order valence-corrected chi connectivity index (χ2v) is 6.72. The van der Waals surface area contributed by atoms with Crippen molar-refractivity contribution in [2.45, 2.75) is 32.2 Å². The van der Waals surface area contributed by atoms with Gasteiger partial charge in [-0.1, -0.05) is 18.2 Å². The third-order valence-corrected chi connectivity index (χ3v) is 5.00. The molecule has 1 aromatic rings. The topological polar surface area (TPSA) is 79.0 Å². The summed E-state index contributed by atoms with van der Waals surface area (Å²) in [5.74, 6) is -0.422. The summed E-state index contributed by atoms with van der Waals surface area (Å²) >= 11 is 0. The fraction of sp³-hybridized carbons (Fsp3) is 0.526. The first-order chi connectivity index (χ1) is 12.6. The van der Waals surface area contributed by atoms with E-state index in [0.717, 1.165) is 18.5 Å². The molecule has 3 rings (SSSR count). The number of nitrogens with one attached hydrogen (secondary N) is 1. The minimum atomic E-state index is -0.328. The number of amides is 3. The number of nitrogens with zero attached hydrogens (tertiary/aromatic N) is 2. The largest absolute Gasteiger partial charge is 0.450 e. The molecule has 1 unspecified atom stereocenters. The molecule has 1 N–H and O–H groups in total. The second kappa shape index (κ2) is 8.21. The minimum Gasteiger partial charge on any atom is -0.450 e. The van der Waals surface area contributed by atoms with Crippen molar-refractivity contribution in [2.24, 2.45) is 5.92 Å². The third kappa shape index (κ3) is 4.15. The van der Waals surface area contributed by atoms with Crippen LogP contribution in [0, 0.1) is 5.92 Å². The maximum atomic E-state index is 12.4. The van der Waals surface area contributed by atoms with Crippen molar-refractivity contribution in [3.8, 4) is 0 Å². The smallest absolute Gasteiger partial charge is 0.409 e. The number of piperidine rings is 1. The lowest BCUT2D eigenvalue weighted by Crippen LogP contribution is -2.47. The molecule has 7 nitrogen and oxygen atoms in total. The molecular formula is C19H25N3O4. The average Bonchev–Trinajstić information content (AvgIpc) is 3.05. The number of likely N-dealkylation sites (tertiary alicyclic amines) is 2. The highest BCUT2D eigenvalue weighted by molar-refractivity contribution is 5.97. The fourth-order valence-corrected chi connectivity index (χ4v) is 3.60. The molecule has 2 saturated heterocycles. The highest BCUT2D eigenvalue weighted by Crippen LogP contribution is 2.26. The van der Waals surface area contributed by atoms with Crippen LogP contribution in [0.5, 0.6) is 0 Å². The number of hydrogen-bond acceptors (Lipinski definition) is 4. The Balaban J connectivity index is 1.52. The van der Waals surface area contributed by atoms with E-state index in [1.165, 1.54) is 0 Å². The Morgan fingerprint density at radius 2 is 1.88 bits per heavy atom. The summed E-state index contributed by atoms with van der Waals surface area (Å²) in [6.07, 6.45) is 1.39. The van der Waals surface area contributed by atoms with Crippen LogP contribution in [0.3, 0.4) is 0 Å². The summed E-state index contributed by atoms with van der Waals surface area (Å²) in [4.78, 5) is 40.1. The molecule has 1 aromatic carbocycles. The monoisotopic (exact) mass is 359 g/mol. The predicted octanol–water partition coefficient (Wildman–Crippen LogP) is 2.09. The van der Waals surface area contributed by atoms with Crippen molar-refractivity contribution in [3.05, 3.63) is 30.3 Å². The van der Waals surface area contributed by atoms with Crippen molar-refractivity contribution >= 4 is 23.6 Å². The quantitative estimate of drug-likeness (QED) is 0.893. The zero-order valence-corrected chi connectivity index (χ0v) is 15.0. The van der Waals surface area contributed by atoms with E-state index in [1.807, 2.05) is 35.2 Å². The normalized spacial score (nSPS) is 21.0. The summed E-state index contributed by atoms with van der Waals surface area (Å²) in [6, 6.07) is 9.36. The molecule has 7 heteroatoms. The SMILES string of the molecule is CCOC(=O)N1CCC(N2CC(C(=O)Nc3ccccc3)CC2=O)CC1. The first-order valence-corrected chi connectivity index (χ1v) is 9.15. The standard InChI is InChI=1S/C19H25N3O4/c1-2-26-19(25)21-10-8-16(9-11-21)22-13-14(12-17(22)23)18(24)20-15-6-4-3-5-7-15/h3-7,14,16H,2,8-13H2,1H3,(H,20,24). The van der Waals surface area contributed by atoms with E-state index in [0.29, 0.717) is 26.2 Å². The van der Waals surface area contributed by atoms with Crippen molar-refractivity contribution < 1.29 is 19.1 Å². The van der Waals surface area contributed by atoms with Gasteiger partial charge in [0, 0.05) is 37.8 Å². The molecule has 2 fully saturated rings. The van der Waals surface area contributed by atoms with Gasteiger partial charge in [0.2, 0.25) is 11.8 Å². The van der Waals surface area contributed by atoms with Gasteiger partial charge in [-0.2, -0.15) is 0 Å². The summed E-state index contributed by atoms with van der Waals surface area (Å²) in [7, 11) is 0. The van der Waals surface area contributed by atoms with Crippen molar-refractivity contribution in [3.63, 3.8) is 0 Å². The number of anilines is 1. The number of rotatable bonds is 4. The van der Waals surface area contributed by atoms with E-state index in [4.69, 9.17) is 4.74 Å². The number of para-hydroxylation sites is 1. The second-order valence-electron chi connectivity index (χ2n) is 6.72. The number of ether oxygens (including phenoxy) is 1. The van der Waals surface area contributed by atoms with Crippen LogP contribution in [0.25, 0.3) is 0 Å². The molecule has 2 heterocycles. The molecule has 0 saturated carbocycles. The molecule has 2 aliphatic rings. The molecule has 0 aliphatic carbocycles. The maximum Gasteiger partial charge on any atom is 0.409 e. The number of carbonyl (C=O) groups excluding carboxylic acids is 3. The zero-order valence-electron chi connectivity index (χ0n) is 15.0. The van der Waals surface area contributed by atoms with Gasteiger partial charge >= 0.3 is 6.09 Å². The maximum absolute atomic E-state index is 12.4. The Hall–Kier alpha value is -2.57. The van der Waals surface area contributed by atoms with Crippen LogP contribution in [-0.4, -0.2) is 60.0 Å². The van der Waals surface area contributed by atoms with Crippen LogP contribution in [0.15, 0.2) is 30.3 Å². The molecule has 26 heavy (non-hydrogen) atoms. The van der Waals surface area contributed by atoms with Gasteiger partial charge in [-0.15, -0.1) is 0 Å². The molecule has 1 atom stereocenters.